The van der Waals surface area contributed by atoms with Crippen LogP contribution in [0, 0.1) is 13.8 Å². The Kier molecular flexibility index (Phi) is 5.43. The van der Waals surface area contributed by atoms with Crippen LogP contribution in [0.4, 0.5) is 11.8 Å². The molecule has 0 saturated carbocycles. The van der Waals surface area contributed by atoms with E-state index >= 15 is 0 Å². The van der Waals surface area contributed by atoms with Gasteiger partial charge >= 0.3 is 0 Å². The number of hydrogen-bond donors (Lipinski definition) is 1. The lowest BCUT2D eigenvalue weighted by molar-refractivity contribution is 0.715. The molecular formula is C18H21ClN4. The fourth-order valence-electron chi connectivity index (χ4n) is 2.78. The monoisotopic (exact) mass is 328 g/mol. The number of hydrogen-bond acceptors (Lipinski definition) is 4. The van der Waals surface area contributed by atoms with Crippen molar-refractivity contribution < 1.29 is 0 Å². The van der Waals surface area contributed by atoms with Crippen molar-refractivity contribution in [1.29, 1.82) is 0 Å². The number of rotatable bonds is 3. The number of fused-ring (bicyclic) bond motifs is 1. The van der Waals surface area contributed by atoms with Gasteiger partial charge < -0.3 is 10.2 Å². The first kappa shape index (κ1) is 17.1. The van der Waals surface area contributed by atoms with Crippen LogP contribution < -0.4 is 10.2 Å². The molecule has 3 rings (SSSR count). The first-order valence-electron chi connectivity index (χ1n) is 7.47. The summed E-state index contributed by atoms with van der Waals surface area (Å²) in [6.07, 6.45) is 2.67. The molecule has 4 nitrogen and oxygen atoms in total. The molecule has 0 unspecified atom stereocenters. The molecule has 1 aromatic carbocycles. The van der Waals surface area contributed by atoms with Gasteiger partial charge in [0.25, 0.3) is 0 Å². The predicted molar refractivity (Wildman–Crippen MR) is 97.3 cm³/mol. The highest BCUT2D eigenvalue weighted by Crippen LogP contribution is 2.27. The summed E-state index contributed by atoms with van der Waals surface area (Å²) in [5.41, 5.74) is 7.62. The fraction of sp³-hybridized carbons (Fsp3) is 0.278. The van der Waals surface area contributed by atoms with Crippen LogP contribution in [0.5, 0.6) is 0 Å². The minimum absolute atomic E-state index is 0. The van der Waals surface area contributed by atoms with Crippen molar-refractivity contribution in [3.8, 4) is 0 Å². The minimum Gasteiger partial charge on any atom is -0.352 e. The number of aryl methyl sites for hydroxylation is 1. The van der Waals surface area contributed by atoms with Crippen LogP contribution in [0.3, 0.4) is 0 Å². The van der Waals surface area contributed by atoms with Gasteiger partial charge in [-0.2, -0.15) is 4.98 Å². The van der Waals surface area contributed by atoms with Gasteiger partial charge in [0.2, 0.25) is 5.95 Å². The van der Waals surface area contributed by atoms with Crippen molar-refractivity contribution in [3.63, 3.8) is 0 Å². The van der Waals surface area contributed by atoms with E-state index in [9.17, 15) is 0 Å². The Hall–Kier alpha value is -2.29. The maximum atomic E-state index is 4.67. The van der Waals surface area contributed by atoms with Crippen LogP contribution in [0.25, 0.3) is 0 Å². The largest absolute Gasteiger partial charge is 0.352 e. The molecule has 2 heterocycles. The fourth-order valence-corrected chi connectivity index (χ4v) is 2.78. The molecule has 120 valence electrons. The summed E-state index contributed by atoms with van der Waals surface area (Å²) in [5, 5.41) is 3.01. The molecule has 0 bridgehead atoms. The van der Waals surface area contributed by atoms with E-state index in [2.05, 4.69) is 63.7 Å². The van der Waals surface area contributed by atoms with Crippen molar-refractivity contribution in [3.05, 3.63) is 65.2 Å². The summed E-state index contributed by atoms with van der Waals surface area (Å²) in [5.74, 6) is 1.59. The van der Waals surface area contributed by atoms with Gasteiger partial charge in [0.1, 0.15) is 5.82 Å². The Balaban J connectivity index is 0.00000192. The molecule has 0 spiro atoms. The van der Waals surface area contributed by atoms with E-state index in [1.54, 1.807) is 6.20 Å². The van der Waals surface area contributed by atoms with Crippen molar-refractivity contribution >= 4 is 24.2 Å². The van der Waals surface area contributed by atoms with Gasteiger partial charge in [0.15, 0.2) is 0 Å². The highest BCUT2D eigenvalue weighted by atomic mass is 35.5. The quantitative estimate of drug-likeness (QED) is 0.870. The van der Waals surface area contributed by atoms with E-state index < -0.39 is 0 Å². The standard InChI is InChI=1S/C18H20N4.ClH/c1-4-10-19-18-20-14(3)13(2)17(21-18)22-11-9-15-7-5-6-8-16(15)12-22;/h5-8,10H,1,9,11-12H2,2-3H3,(H,19,20,21);1H. The van der Waals surface area contributed by atoms with Gasteiger partial charge in [-0.05, 0) is 31.4 Å². The van der Waals surface area contributed by atoms with E-state index in [1.807, 2.05) is 6.92 Å². The summed E-state index contributed by atoms with van der Waals surface area (Å²) >= 11 is 0. The van der Waals surface area contributed by atoms with Gasteiger partial charge in [0, 0.05) is 30.5 Å². The van der Waals surface area contributed by atoms with Crippen molar-refractivity contribution in [2.24, 2.45) is 0 Å². The third-order valence-corrected chi connectivity index (χ3v) is 4.10. The topological polar surface area (TPSA) is 41.1 Å². The number of nitrogens with zero attached hydrogens (tertiary/aromatic N) is 3. The zero-order valence-electron chi connectivity index (χ0n) is 13.5. The number of nitrogens with one attached hydrogen (secondary N) is 1. The molecule has 0 aliphatic carbocycles. The summed E-state index contributed by atoms with van der Waals surface area (Å²) in [4.78, 5) is 11.5. The van der Waals surface area contributed by atoms with E-state index in [-0.39, 0.29) is 12.4 Å². The van der Waals surface area contributed by atoms with Crippen LogP contribution in [0.1, 0.15) is 22.4 Å². The average Bonchev–Trinajstić information content (AvgIpc) is 2.55. The smallest absolute Gasteiger partial charge is 0.229 e. The van der Waals surface area contributed by atoms with Gasteiger partial charge in [0.05, 0.1) is 0 Å². The van der Waals surface area contributed by atoms with Crippen molar-refractivity contribution in [2.45, 2.75) is 26.8 Å². The Morgan fingerprint density at radius 2 is 1.96 bits per heavy atom. The van der Waals surface area contributed by atoms with Crippen LogP contribution in [-0.4, -0.2) is 16.5 Å². The van der Waals surface area contributed by atoms with Gasteiger partial charge in [-0.1, -0.05) is 30.8 Å². The summed E-state index contributed by atoms with van der Waals surface area (Å²) in [6.45, 7) is 9.51. The molecule has 23 heavy (non-hydrogen) atoms. The molecule has 0 amide bonds. The lowest BCUT2D eigenvalue weighted by Crippen LogP contribution is -2.32. The lowest BCUT2D eigenvalue weighted by atomic mass is 9.99. The second-order valence-electron chi connectivity index (χ2n) is 5.51. The van der Waals surface area contributed by atoms with Crippen LogP contribution in [0.15, 0.2) is 42.8 Å². The van der Waals surface area contributed by atoms with E-state index in [1.165, 1.54) is 11.1 Å². The molecule has 0 radical (unpaired) electrons. The predicted octanol–water partition coefficient (Wildman–Crippen LogP) is 3.79. The molecule has 1 aliphatic rings. The highest BCUT2D eigenvalue weighted by molar-refractivity contribution is 5.85. The zero-order valence-corrected chi connectivity index (χ0v) is 14.3. The maximum Gasteiger partial charge on any atom is 0.229 e. The lowest BCUT2D eigenvalue weighted by Gasteiger charge is -2.31. The van der Waals surface area contributed by atoms with Gasteiger partial charge in [-0.25, -0.2) is 4.98 Å². The van der Waals surface area contributed by atoms with Crippen LogP contribution in [0.2, 0.25) is 0 Å². The third kappa shape index (κ3) is 3.55. The molecule has 1 aromatic heterocycles. The Bertz CT molecular complexity index is 751. The molecule has 0 fully saturated rings. The molecule has 1 N–H and O–H groups in total. The first-order chi connectivity index (χ1) is 10.7. The number of aromatic nitrogens is 2. The Labute approximate surface area is 143 Å². The number of anilines is 2. The summed E-state index contributed by atoms with van der Waals surface area (Å²) < 4.78 is 0. The molecule has 1 aliphatic heterocycles. The maximum absolute atomic E-state index is 4.67. The van der Waals surface area contributed by atoms with Gasteiger partial charge in [-0.15, -0.1) is 18.1 Å². The first-order valence-corrected chi connectivity index (χ1v) is 7.47. The Morgan fingerprint density at radius 1 is 1.22 bits per heavy atom. The van der Waals surface area contributed by atoms with Crippen molar-refractivity contribution in [2.75, 3.05) is 16.8 Å². The second-order valence-corrected chi connectivity index (χ2v) is 5.51. The SMILES string of the molecule is C=C=CNc1nc(C)c(C)c(N2CCc3ccccc3C2)n1.Cl. The van der Waals surface area contributed by atoms with E-state index in [0.29, 0.717) is 5.95 Å². The van der Waals surface area contributed by atoms with Gasteiger partial charge in [-0.3, -0.25) is 0 Å². The Morgan fingerprint density at radius 3 is 2.70 bits per heavy atom. The molecule has 2 aromatic rings. The minimum atomic E-state index is 0. The second kappa shape index (κ2) is 7.32. The number of benzene rings is 1. The molecule has 0 saturated heterocycles. The van der Waals surface area contributed by atoms with E-state index in [4.69, 9.17) is 0 Å². The highest BCUT2D eigenvalue weighted by Gasteiger charge is 2.20. The average molecular weight is 329 g/mol. The zero-order chi connectivity index (χ0) is 15.5. The molecular weight excluding hydrogens is 308 g/mol. The molecule has 5 heteroatoms. The van der Waals surface area contributed by atoms with Crippen LogP contribution in [-0.2, 0) is 13.0 Å². The third-order valence-electron chi connectivity index (χ3n) is 4.10. The normalized spacial score (nSPS) is 12.7. The summed E-state index contributed by atoms with van der Waals surface area (Å²) in [6, 6.07) is 8.62. The molecule has 0 atom stereocenters. The van der Waals surface area contributed by atoms with Crippen molar-refractivity contribution in [1.82, 2.24) is 9.97 Å². The number of halogens is 1. The van der Waals surface area contributed by atoms with Crippen LogP contribution >= 0.6 is 12.4 Å². The van der Waals surface area contributed by atoms with E-state index in [0.717, 1.165) is 36.6 Å². The summed E-state index contributed by atoms with van der Waals surface area (Å²) in [7, 11) is 0.